The van der Waals surface area contributed by atoms with Crippen molar-refractivity contribution in [2.45, 2.75) is 17.0 Å². The number of halogens is 1. The quantitative estimate of drug-likeness (QED) is 0.594. The van der Waals surface area contributed by atoms with Gasteiger partial charge in [0.15, 0.2) is 0 Å². The molecular formula is C14H15ClN4OS. The highest BCUT2D eigenvalue weighted by molar-refractivity contribution is 7.99. The maximum absolute atomic E-state index is 6.04. The number of nitrogens with one attached hydrogen (secondary N) is 1. The van der Waals surface area contributed by atoms with Crippen molar-refractivity contribution < 1.29 is 4.74 Å². The van der Waals surface area contributed by atoms with Crippen LogP contribution in [0.25, 0.3) is 0 Å². The number of thioether (sulfide) groups is 1. The summed E-state index contributed by atoms with van der Waals surface area (Å²) >= 11 is 7.74. The number of ether oxygens (including phenoxy) is 1. The first-order valence-corrected chi connectivity index (χ1v) is 7.81. The Morgan fingerprint density at radius 3 is 3.05 bits per heavy atom. The SMILES string of the molecule is NNC(c1cc(Cl)cnc1N)C1CSc2ccccc2O1. The third kappa shape index (κ3) is 2.94. The molecule has 2 heterocycles. The summed E-state index contributed by atoms with van der Waals surface area (Å²) in [6.07, 6.45) is 1.36. The predicted octanol–water partition coefficient (Wildman–Crippen LogP) is 2.37. The van der Waals surface area contributed by atoms with Gasteiger partial charge in [0.1, 0.15) is 17.7 Å². The Bertz CT molecular complexity index is 655. The normalized spacial score (nSPS) is 18.7. The molecule has 0 aliphatic carbocycles. The van der Waals surface area contributed by atoms with Crippen LogP contribution < -0.4 is 21.7 Å². The number of fused-ring (bicyclic) bond motifs is 1. The summed E-state index contributed by atoms with van der Waals surface area (Å²) in [5, 5.41) is 0.517. The highest BCUT2D eigenvalue weighted by atomic mass is 35.5. The molecule has 110 valence electrons. The number of anilines is 1. The lowest BCUT2D eigenvalue weighted by atomic mass is 10.0. The summed E-state index contributed by atoms with van der Waals surface area (Å²) in [5.41, 5.74) is 9.45. The van der Waals surface area contributed by atoms with Gasteiger partial charge in [0, 0.05) is 22.4 Å². The van der Waals surface area contributed by atoms with E-state index >= 15 is 0 Å². The second-order valence-corrected chi connectivity index (χ2v) is 6.18. The summed E-state index contributed by atoms with van der Waals surface area (Å²) in [5.74, 6) is 7.72. The number of nitrogens with two attached hydrogens (primary N) is 2. The van der Waals surface area contributed by atoms with Gasteiger partial charge in [-0.3, -0.25) is 5.84 Å². The van der Waals surface area contributed by atoms with E-state index in [1.165, 1.54) is 6.20 Å². The van der Waals surface area contributed by atoms with Crippen molar-refractivity contribution in [1.82, 2.24) is 10.4 Å². The van der Waals surface area contributed by atoms with Gasteiger partial charge >= 0.3 is 0 Å². The van der Waals surface area contributed by atoms with Crippen LogP contribution in [0.1, 0.15) is 11.6 Å². The van der Waals surface area contributed by atoms with Gasteiger partial charge in [-0.2, -0.15) is 0 Å². The van der Waals surface area contributed by atoms with Crippen molar-refractivity contribution in [3.8, 4) is 5.75 Å². The average Bonchev–Trinajstić information content (AvgIpc) is 2.51. The van der Waals surface area contributed by atoms with Crippen LogP contribution in [0.2, 0.25) is 5.02 Å². The molecule has 0 bridgehead atoms. The minimum absolute atomic E-state index is 0.155. The topological polar surface area (TPSA) is 86.2 Å². The molecule has 0 spiro atoms. The molecule has 1 aliphatic heterocycles. The maximum Gasteiger partial charge on any atom is 0.133 e. The van der Waals surface area contributed by atoms with Crippen molar-refractivity contribution in [3.63, 3.8) is 0 Å². The molecule has 5 N–H and O–H groups in total. The lowest BCUT2D eigenvalue weighted by Gasteiger charge is -2.32. The molecule has 1 aromatic heterocycles. The number of para-hydroxylation sites is 1. The van der Waals surface area contributed by atoms with Gasteiger partial charge in [-0.15, -0.1) is 11.8 Å². The number of nitrogens with zero attached hydrogens (tertiary/aromatic N) is 1. The summed E-state index contributed by atoms with van der Waals surface area (Å²) in [7, 11) is 0. The molecule has 2 aromatic rings. The number of rotatable bonds is 3. The standard InChI is InChI=1S/C14H15ClN4OS/c15-8-5-9(14(16)18-6-8)13(19-17)11-7-21-12-4-2-1-3-10(12)20-11/h1-6,11,13,19H,7,17H2,(H2,16,18). The third-order valence-electron chi connectivity index (χ3n) is 3.33. The number of aromatic nitrogens is 1. The van der Waals surface area contributed by atoms with E-state index in [0.717, 1.165) is 22.0 Å². The Morgan fingerprint density at radius 2 is 2.24 bits per heavy atom. The van der Waals surface area contributed by atoms with Gasteiger partial charge in [0.2, 0.25) is 0 Å². The van der Waals surface area contributed by atoms with E-state index in [-0.39, 0.29) is 12.1 Å². The average molecular weight is 323 g/mol. The van der Waals surface area contributed by atoms with Crippen molar-refractivity contribution in [1.29, 1.82) is 0 Å². The molecular weight excluding hydrogens is 308 g/mol. The minimum atomic E-state index is -0.281. The van der Waals surface area contributed by atoms with Gasteiger partial charge in [-0.25, -0.2) is 10.4 Å². The molecule has 1 aromatic carbocycles. The van der Waals surface area contributed by atoms with Crippen molar-refractivity contribution >= 4 is 29.2 Å². The zero-order valence-electron chi connectivity index (χ0n) is 11.1. The highest BCUT2D eigenvalue weighted by Gasteiger charge is 2.30. The van der Waals surface area contributed by atoms with E-state index in [1.807, 2.05) is 24.3 Å². The first kappa shape index (κ1) is 14.5. The van der Waals surface area contributed by atoms with Crippen LogP contribution in [0.4, 0.5) is 5.82 Å². The fraction of sp³-hybridized carbons (Fsp3) is 0.214. The second kappa shape index (κ2) is 6.11. The molecule has 0 amide bonds. The molecule has 0 fully saturated rings. The number of hydrogen-bond donors (Lipinski definition) is 3. The maximum atomic E-state index is 6.04. The minimum Gasteiger partial charge on any atom is -0.486 e. The Kier molecular flexibility index (Phi) is 4.21. The summed E-state index contributed by atoms with van der Waals surface area (Å²) in [4.78, 5) is 5.20. The molecule has 1 aliphatic rings. The lowest BCUT2D eigenvalue weighted by Crippen LogP contribution is -2.42. The van der Waals surface area contributed by atoms with E-state index in [1.54, 1.807) is 17.8 Å². The van der Waals surface area contributed by atoms with Crippen molar-refractivity contribution in [2.75, 3.05) is 11.5 Å². The first-order valence-electron chi connectivity index (χ1n) is 6.44. The van der Waals surface area contributed by atoms with E-state index in [2.05, 4.69) is 10.4 Å². The van der Waals surface area contributed by atoms with Crippen LogP contribution in [0.3, 0.4) is 0 Å². The molecule has 2 atom stereocenters. The van der Waals surface area contributed by atoms with E-state index in [9.17, 15) is 0 Å². The van der Waals surface area contributed by atoms with Crippen LogP contribution in [-0.4, -0.2) is 16.8 Å². The summed E-state index contributed by atoms with van der Waals surface area (Å²) < 4.78 is 6.04. The first-order chi connectivity index (χ1) is 10.2. The van der Waals surface area contributed by atoms with E-state index in [4.69, 9.17) is 27.9 Å². The number of hydrazine groups is 1. The molecule has 0 radical (unpaired) electrons. The molecule has 2 unspecified atom stereocenters. The summed E-state index contributed by atoms with van der Waals surface area (Å²) in [6.45, 7) is 0. The zero-order valence-corrected chi connectivity index (χ0v) is 12.7. The highest BCUT2D eigenvalue weighted by Crippen LogP contribution is 2.38. The molecule has 3 rings (SSSR count). The van der Waals surface area contributed by atoms with Gasteiger partial charge < -0.3 is 10.5 Å². The molecule has 21 heavy (non-hydrogen) atoms. The Morgan fingerprint density at radius 1 is 1.43 bits per heavy atom. The monoisotopic (exact) mass is 322 g/mol. The fourth-order valence-corrected chi connectivity index (χ4v) is 3.52. The molecule has 0 saturated carbocycles. The number of pyridine rings is 1. The fourth-order valence-electron chi connectivity index (χ4n) is 2.31. The van der Waals surface area contributed by atoms with Gasteiger partial charge in [0.25, 0.3) is 0 Å². The third-order valence-corrected chi connectivity index (χ3v) is 4.68. The van der Waals surface area contributed by atoms with E-state index in [0.29, 0.717) is 10.8 Å². The molecule has 5 nitrogen and oxygen atoms in total. The Hall–Kier alpha value is -1.47. The van der Waals surface area contributed by atoms with Gasteiger partial charge in [-0.1, -0.05) is 23.7 Å². The predicted molar refractivity (Wildman–Crippen MR) is 85.3 cm³/mol. The number of benzene rings is 1. The van der Waals surface area contributed by atoms with Crippen LogP contribution >= 0.6 is 23.4 Å². The lowest BCUT2D eigenvalue weighted by molar-refractivity contribution is 0.167. The second-order valence-electron chi connectivity index (χ2n) is 4.69. The van der Waals surface area contributed by atoms with Gasteiger partial charge in [0.05, 0.1) is 11.1 Å². The molecule has 7 heteroatoms. The van der Waals surface area contributed by atoms with E-state index < -0.39 is 0 Å². The van der Waals surface area contributed by atoms with Crippen molar-refractivity contribution in [3.05, 3.63) is 47.1 Å². The number of nitrogen functional groups attached to an aromatic ring is 1. The smallest absolute Gasteiger partial charge is 0.133 e. The Balaban J connectivity index is 1.90. The van der Waals surface area contributed by atoms with Crippen LogP contribution in [-0.2, 0) is 0 Å². The molecule has 0 saturated heterocycles. The zero-order chi connectivity index (χ0) is 14.8. The summed E-state index contributed by atoms with van der Waals surface area (Å²) in [6, 6.07) is 9.41. The number of hydrogen-bond acceptors (Lipinski definition) is 6. The largest absolute Gasteiger partial charge is 0.486 e. The van der Waals surface area contributed by atoms with Crippen LogP contribution in [0.15, 0.2) is 41.4 Å². The van der Waals surface area contributed by atoms with Crippen molar-refractivity contribution in [2.24, 2.45) is 5.84 Å². The van der Waals surface area contributed by atoms with Gasteiger partial charge in [-0.05, 0) is 18.2 Å². The van der Waals surface area contributed by atoms with Crippen LogP contribution in [0.5, 0.6) is 5.75 Å². The Labute approximate surface area is 132 Å². The van der Waals surface area contributed by atoms with Crippen LogP contribution in [0, 0.1) is 0 Å².